The molecule has 0 saturated heterocycles. The summed E-state index contributed by atoms with van der Waals surface area (Å²) >= 11 is 0. The first kappa shape index (κ1) is 36.1. The van der Waals surface area contributed by atoms with Gasteiger partial charge in [-0.1, -0.05) is 72.8 Å². The lowest BCUT2D eigenvalue weighted by Gasteiger charge is -2.15. The summed E-state index contributed by atoms with van der Waals surface area (Å²) in [5.41, 5.74) is 3.49. The number of para-hydroxylation sites is 2. The van der Waals surface area contributed by atoms with Crippen molar-refractivity contribution < 1.29 is 40.6 Å². The average molecular weight is 737 g/mol. The Labute approximate surface area is 305 Å². The number of nitrogens with zero attached hydrogens (tertiary/aromatic N) is 2. The van der Waals surface area contributed by atoms with E-state index in [2.05, 4.69) is 9.97 Å². The highest BCUT2D eigenvalue weighted by Gasteiger charge is 2.34. The van der Waals surface area contributed by atoms with Crippen molar-refractivity contribution in [1.29, 1.82) is 0 Å². The number of esters is 1. The molecule has 7 rings (SSSR count). The van der Waals surface area contributed by atoms with Gasteiger partial charge in [0.15, 0.2) is 0 Å². The second-order valence-corrected chi connectivity index (χ2v) is 12.8. The molecule has 0 aliphatic carbocycles. The molecule has 0 amide bonds. The SMILES string of the molecule is Cc1cnc2c(C(F)(F)F)cccc2c1-c1cccc(OCc2ccc(CC(=O)Oc3cccc(-c4c(C)cnc5c(C(F)(F)F)cccc45)c3)cc2)c1. The van der Waals surface area contributed by atoms with E-state index in [4.69, 9.17) is 9.47 Å². The van der Waals surface area contributed by atoms with Crippen LogP contribution in [0.25, 0.3) is 44.1 Å². The van der Waals surface area contributed by atoms with Crippen molar-refractivity contribution in [3.05, 3.63) is 155 Å². The molecule has 0 aliphatic heterocycles. The van der Waals surface area contributed by atoms with E-state index in [0.29, 0.717) is 49.9 Å². The maximum atomic E-state index is 13.7. The van der Waals surface area contributed by atoms with Crippen LogP contribution in [0.15, 0.2) is 122 Å². The number of hydrogen-bond acceptors (Lipinski definition) is 5. The van der Waals surface area contributed by atoms with Crippen molar-refractivity contribution in [2.75, 3.05) is 0 Å². The lowest BCUT2D eigenvalue weighted by molar-refractivity contribution is -0.137. The van der Waals surface area contributed by atoms with Crippen LogP contribution in [0.4, 0.5) is 26.3 Å². The van der Waals surface area contributed by atoms with Gasteiger partial charge in [0.05, 0.1) is 28.6 Å². The molecule has 0 unspecified atom stereocenters. The summed E-state index contributed by atoms with van der Waals surface area (Å²) in [5.74, 6) is 0.247. The smallest absolute Gasteiger partial charge is 0.418 e. The van der Waals surface area contributed by atoms with Crippen LogP contribution in [0, 0.1) is 13.8 Å². The van der Waals surface area contributed by atoms with Crippen molar-refractivity contribution in [3.8, 4) is 33.8 Å². The molecule has 0 atom stereocenters. The molecule has 2 aromatic heterocycles. The Morgan fingerprint density at radius 2 is 1.06 bits per heavy atom. The number of carbonyl (C=O) groups is 1. The molecule has 272 valence electrons. The number of carbonyl (C=O) groups excluding carboxylic acids is 1. The van der Waals surface area contributed by atoms with Gasteiger partial charge in [0.25, 0.3) is 0 Å². The highest BCUT2D eigenvalue weighted by Crippen LogP contribution is 2.40. The molecule has 5 aromatic carbocycles. The quantitative estimate of drug-likeness (QED) is 0.0883. The third-order valence-corrected chi connectivity index (χ3v) is 9.04. The van der Waals surface area contributed by atoms with E-state index in [1.807, 2.05) is 18.2 Å². The fraction of sp³-hybridized carbons (Fsp3) is 0.140. The molecule has 2 heterocycles. The Hall–Kier alpha value is -6.23. The van der Waals surface area contributed by atoms with E-state index in [1.54, 1.807) is 80.6 Å². The van der Waals surface area contributed by atoms with Gasteiger partial charge in [-0.2, -0.15) is 26.3 Å². The van der Waals surface area contributed by atoms with E-state index >= 15 is 0 Å². The minimum atomic E-state index is -4.57. The Balaban J connectivity index is 1.02. The Morgan fingerprint density at radius 1 is 0.593 bits per heavy atom. The summed E-state index contributed by atoms with van der Waals surface area (Å²) in [6.07, 6.45) is -6.29. The van der Waals surface area contributed by atoms with Gasteiger partial charge < -0.3 is 9.47 Å². The first-order valence-corrected chi connectivity index (χ1v) is 16.8. The average Bonchev–Trinajstić information content (AvgIpc) is 3.13. The zero-order valence-corrected chi connectivity index (χ0v) is 28.8. The van der Waals surface area contributed by atoms with E-state index in [-0.39, 0.29) is 29.8 Å². The largest absolute Gasteiger partial charge is 0.489 e. The van der Waals surface area contributed by atoms with Gasteiger partial charge in [-0.15, -0.1) is 0 Å². The van der Waals surface area contributed by atoms with Crippen molar-refractivity contribution >= 4 is 27.8 Å². The number of rotatable bonds is 8. The molecule has 0 aliphatic rings. The topological polar surface area (TPSA) is 61.3 Å². The minimum Gasteiger partial charge on any atom is -0.489 e. The fourth-order valence-corrected chi connectivity index (χ4v) is 6.58. The predicted molar refractivity (Wildman–Crippen MR) is 194 cm³/mol. The number of halogens is 6. The van der Waals surface area contributed by atoms with Crippen molar-refractivity contribution in [1.82, 2.24) is 9.97 Å². The van der Waals surface area contributed by atoms with E-state index in [1.165, 1.54) is 24.5 Å². The Morgan fingerprint density at radius 3 is 1.57 bits per heavy atom. The molecule has 5 nitrogen and oxygen atoms in total. The second kappa shape index (κ2) is 14.3. The first-order chi connectivity index (χ1) is 25.8. The summed E-state index contributed by atoms with van der Waals surface area (Å²) in [5, 5.41) is 0.731. The van der Waals surface area contributed by atoms with Gasteiger partial charge in [0.1, 0.15) is 18.1 Å². The summed E-state index contributed by atoms with van der Waals surface area (Å²) < 4.78 is 93.8. The summed E-state index contributed by atoms with van der Waals surface area (Å²) in [7, 11) is 0. The van der Waals surface area contributed by atoms with Crippen LogP contribution in [0.5, 0.6) is 11.5 Å². The maximum absolute atomic E-state index is 13.7. The number of aryl methyl sites for hydroxylation is 2. The van der Waals surface area contributed by atoms with E-state index < -0.39 is 29.4 Å². The molecular formula is C43H30F6N2O3. The first-order valence-electron chi connectivity index (χ1n) is 16.8. The maximum Gasteiger partial charge on any atom is 0.418 e. The van der Waals surface area contributed by atoms with E-state index in [0.717, 1.165) is 23.3 Å². The van der Waals surface area contributed by atoms with Crippen LogP contribution in [-0.4, -0.2) is 15.9 Å². The number of hydrogen-bond donors (Lipinski definition) is 0. The third-order valence-electron chi connectivity index (χ3n) is 9.04. The number of aromatic nitrogens is 2. The van der Waals surface area contributed by atoms with Gasteiger partial charge in [0.2, 0.25) is 0 Å². The molecule has 0 radical (unpaired) electrons. The van der Waals surface area contributed by atoms with Crippen molar-refractivity contribution in [2.45, 2.75) is 39.2 Å². The van der Waals surface area contributed by atoms with Gasteiger partial charge in [-0.05, 0) is 94.8 Å². The standard InChI is InChI=1S/C43H30F6N2O3/c1-25-22-50-40-33(11-5-13-35(40)42(44,45)46)38(25)29-7-3-9-31(20-29)53-24-28-17-15-27(16-18-28)19-37(52)54-32-10-4-8-30(21-32)39-26(2)23-51-41-34(39)12-6-14-36(41)43(47,48)49/h3-18,20-23H,19,24H2,1-2H3. The van der Waals surface area contributed by atoms with Gasteiger partial charge >= 0.3 is 18.3 Å². The molecule has 0 spiro atoms. The zero-order chi connectivity index (χ0) is 38.2. The van der Waals surface area contributed by atoms with Gasteiger partial charge in [-0.25, -0.2) is 0 Å². The molecule has 0 N–H and O–H groups in total. The summed E-state index contributed by atoms with van der Waals surface area (Å²) in [6.45, 7) is 3.76. The molecule has 0 fully saturated rings. The molecule has 0 saturated carbocycles. The highest BCUT2D eigenvalue weighted by molar-refractivity contribution is 5.99. The molecule has 7 aromatic rings. The van der Waals surface area contributed by atoms with E-state index in [9.17, 15) is 31.1 Å². The fourth-order valence-electron chi connectivity index (χ4n) is 6.58. The number of ether oxygens (including phenoxy) is 2. The van der Waals surface area contributed by atoms with Crippen LogP contribution >= 0.6 is 0 Å². The summed E-state index contributed by atoms with van der Waals surface area (Å²) in [6, 6.07) is 28.9. The van der Waals surface area contributed by atoms with Crippen LogP contribution in [-0.2, 0) is 30.2 Å². The highest BCUT2D eigenvalue weighted by atomic mass is 19.4. The third kappa shape index (κ3) is 7.48. The predicted octanol–water partition coefficient (Wildman–Crippen LogP) is 11.5. The number of benzene rings is 5. The van der Waals surface area contributed by atoms with Crippen LogP contribution < -0.4 is 9.47 Å². The zero-order valence-electron chi connectivity index (χ0n) is 28.8. The minimum absolute atomic E-state index is 0.0329. The number of alkyl halides is 6. The van der Waals surface area contributed by atoms with Gasteiger partial charge in [-0.3, -0.25) is 14.8 Å². The number of pyridine rings is 2. The lowest BCUT2D eigenvalue weighted by Crippen LogP contribution is -2.11. The van der Waals surface area contributed by atoms with Crippen molar-refractivity contribution in [3.63, 3.8) is 0 Å². The lowest BCUT2D eigenvalue weighted by atomic mass is 9.95. The molecular weight excluding hydrogens is 706 g/mol. The molecule has 54 heavy (non-hydrogen) atoms. The monoisotopic (exact) mass is 736 g/mol. The van der Waals surface area contributed by atoms with Crippen molar-refractivity contribution in [2.24, 2.45) is 0 Å². The molecule has 0 bridgehead atoms. The molecule has 11 heteroatoms. The Bertz CT molecular complexity index is 2530. The van der Waals surface area contributed by atoms with Crippen LogP contribution in [0.1, 0.15) is 33.4 Å². The van der Waals surface area contributed by atoms with Crippen LogP contribution in [0.2, 0.25) is 0 Å². The Kier molecular flexibility index (Phi) is 9.57. The van der Waals surface area contributed by atoms with Crippen LogP contribution in [0.3, 0.4) is 0 Å². The normalized spacial score (nSPS) is 11.9. The van der Waals surface area contributed by atoms with Gasteiger partial charge in [0, 0.05) is 23.2 Å². The number of fused-ring (bicyclic) bond motifs is 2. The summed E-state index contributed by atoms with van der Waals surface area (Å²) in [4.78, 5) is 21.1. The second-order valence-electron chi connectivity index (χ2n) is 12.8.